The fourth-order valence-corrected chi connectivity index (χ4v) is 1.62. The molecule has 0 aromatic heterocycles. The molecule has 0 heterocycles. The molecule has 1 aromatic carbocycles. The Kier molecular flexibility index (Phi) is 4.87. The molecule has 0 unspecified atom stereocenters. The van der Waals surface area contributed by atoms with Crippen molar-refractivity contribution in [3.63, 3.8) is 0 Å². The van der Waals surface area contributed by atoms with E-state index in [2.05, 4.69) is 27.2 Å². The van der Waals surface area contributed by atoms with Crippen LogP contribution in [0.3, 0.4) is 0 Å². The number of anilines is 1. The smallest absolute Gasteiger partial charge is 0.337 e. The maximum Gasteiger partial charge on any atom is 0.337 e. The first kappa shape index (κ1) is 12.6. The molecule has 16 heavy (non-hydrogen) atoms. The van der Waals surface area contributed by atoms with Crippen LogP contribution < -0.4 is 5.32 Å². The molecule has 0 fully saturated rings. The SMILES string of the molecule is C#CCCCNc1ccc(Br)cc1C(=O)O. The Labute approximate surface area is 103 Å². The number of terminal acetylenes is 1. The van der Waals surface area contributed by atoms with Crippen LogP contribution in [0.5, 0.6) is 0 Å². The topological polar surface area (TPSA) is 49.3 Å². The number of aromatic carboxylic acids is 1. The normalized spacial score (nSPS) is 9.50. The summed E-state index contributed by atoms with van der Waals surface area (Å²) >= 11 is 3.24. The second-order valence-corrected chi connectivity index (χ2v) is 4.15. The van der Waals surface area contributed by atoms with E-state index in [1.165, 1.54) is 0 Å². The van der Waals surface area contributed by atoms with Crippen molar-refractivity contribution in [3.05, 3.63) is 28.2 Å². The zero-order chi connectivity index (χ0) is 12.0. The van der Waals surface area contributed by atoms with Crippen LogP contribution in [0.4, 0.5) is 5.69 Å². The lowest BCUT2D eigenvalue weighted by Gasteiger charge is -2.09. The molecule has 0 aliphatic heterocycles. The van der Waals surface area contributed by atoms with Gasteiger partial charge in [0.15, 0.2) is 0 Å². The Morgan fingerprint density at radius 3 is 2.94 bits per heavy atom. The van der Waals surface area contributed by atoms with Gasteiger partial charge in [-0.3, -0.25) is 0 Å². The van der Waals surface area contributed by atoms with E-state index in [-0.39, 0.29) is 5.56 Å². The number of carboxylic acid groups (broad SMARTS) is 1. The van der Waals surface area contributed by atoms with Crippen molar-refractivity contribution in [2.24, 2.45) is 0 Å². The zero-order valence-electron chi connectivity index (χ0n) is 8.66. The second-order valence-electron chi connectivity index (χ2n) is 3.23. The summed E-state index contributed by atoms with van der Waals surface area (Å²) < 4.78 is 0.749. The van der Waals surface area contributed by atoms with Gasteiger partial charge >= 0.3 is 5.97 Å². The molecule has 0 aliphatic carbocycles. The van der Waals surface area contributed by atoms with Crippen molar-refractivity contribution >= 4 is 27.6 Å². The van der Waals surface area contributed by atoms with Crippen molar-refractivity contribution in [1.82, 2.24) is 0 Å². The summed E-state index contributed by atoms with van der Waals surface area (Å²) in [6.07, 6.45) is 6.64. The van der Waals surface area contributed by atoms with Crippen molar-refractivity contribution in [1.29, 1.82) is 0 Å². The van der Waals surface area contributed by atoms with Gasteiger partial charge in [-0.05, 0) is 24.6 Å². The molecule has 0 radical (unpaired) electrons. The number of carboxylic acids is 1. The molecule has 84 valence electrons. The van der Waals surface area contributed by atoms with Gasteiger partial charge in [0.1, 0.15) is 0 Å². The molecule has 0 saturated carbocycles. The van der Waals surface area contributed by atoms with E-state index in [0.717, 1.165) is 10.9 Å². The molecular weight excluding hydrogens is 270 g/mol. The molecule has 0 spiro atoms. The molecule has 1 aromatic rings. The molecule has 0 bridgehead atoms. The highest BCUT2D eigenvalue weighted by atomic mass is 79.9. The third-order valence-electron chi connectivity index (χ3n) is 2.03. The number of carbonyl (C=O) groups is 1. The summed E-state index contributed by atoms with van der Waals surface area (Å²) in [5, 5.41) is 12.1. The lowest BCUT2D eigenvalue weighted by molar-refractivity contribution is 0.0698. The molecule has 3 nitrogen and oxygen atoms in total. The largest absolute Gasteiger partial charge is 0.478 e. The van der Waals surface area contributed by atoms with Crippen LogP contribution in [0.2, 0.25) is 0 Å². The highest BCUT2D eigenvalue weighted by molar-refractivity contribution is 9.10. The van der Waals surface area contributed by atoms with Gasteiger partial charge in [0.05, 0.1) is 5.56 Å². The van der Waals surface area contributed by atoms with Gasteiger partial charge in [0.2, 0.25) is 0 Å². The minimum atomic E-state index is -0.944. The van der Waals surface area contributed by atoms with Crippen LogP contribution in [-0.2, 0) is 0 Å². The minimum absolute atomic E-state index is 0.259. The molecule has 0 aliphatic rings. The first-order chi connectivity index (χ1) is 7.65. The summed E-state index contributed by atoms with van der Waals surface area (Å²) in [5.41, 5.74) is 0.878. The zero-order valence-corrected chi connectivity index (χ0v) is 10.3. The van der Waals surface area contributed by atoms with Gasteiger partial charge in [-0.15, -0.1) is 12.3 Å². The summed E-state index contributed by atoms with van der Waals surface area (Å²) in [6, 6.07) is 5.12. The number of nitrogens with one attached hydrogen (secondary N) is 1. The first-order valence-corrected chi connectivity index (χ1v) is 5.64. The van der Waals surface area contributed by atoms with Crippen molar-refractivity contribution in [3.8, 4) is 12.3 Å². The maximum atomic E-state index is 11.0. The number of halogens is 1. The maximum absolute atomic E-state index is 11.0. The van der Waals surface area contributed by atoms with E-state index in [0.29, 0.717) is 18.7 Å². The Bertz CT molecular complexity index is 424. The average molecular weight is 282 g/mol. The Hall–Kier alpha value is -1.47. The summed E-state index contributed by atoms with van der Waals surface area (Å²) in [5.74, 6) is 1.59. The van der Waals surface area contributed by atoms with Crippen LogP contribution in [0.25, 0.3) is 0 Å². The van der Waals surface area contributed by atoms with Crippen LogP contribution in [-0.4, -0.2) is 17.6 Å². The van der Waals surface area contributed by atoms with Crippen molar-refractivity contribution in [2.45, 2.75) is 12.8 Å². The monoisotopic (exact) mass is 281 g/mol. The molecule has 1 rings (SSSR count). The second kappa shape index (κ2) is 6.19. The van der Waals surface area contributed by atoms with Gasteiger partial charge in [-0.1, -0.05) is 15.9 Å². The predicted molar refractivity (Wildman–Crippen MR) is 67.7 cm³/mol. The lowest BCUT2D eigenvalue weighted by Crippen LogP contribution is -2.07. The lowest BCUT2D eigenvalue weighted by atomic mass is 10.1. The Morgan fingerprint density at radius 2 is 2.31 bits per heavy atom. The van der Waals surface area contributed by atoms with Crippen LogP contribution in [0.1, 0.15) is 23.2 Å². The molecule has 4 heteroatoms. The first-order valence-electron chi connectivity index (χ1n) is 4.85. The average Bonchev–Trinajstić information content (AvgIpc) is 2.26. The fraction of sp³-hybridized carbons (Fsp3) is 0.250. The number of hydrogen-bond acceptors (Lipinski definition) is 2. The van der Waals surface area contributed by atoms with Crippen LogP contribution >= 0.6 is 15.9 Å². The number of unbranched alkanes of at least 4 members (excludes halogenated alkanes) is 1. The molecule has 0 saturated heterocycles. The quantitative estimate of drug-likeness (QED) is 0.644. The Balaban J connectivity index is 2.72. The van der Waals surface area contributed by atoms with Gasteiger partial charge in [-0.2, -0.15) is 0 Å². The summed E-state index contributed by atoms with van der Waals surface area (Å²) in [6.45, 7) is 0.673. The highest BCUT2D eigenvalue weighted by Crippen LogP contribution is 2.21. The van der Waals surface area contributed by atoms with Crippen molar-refractivity contribution < 1.29 is 9.90 Å². The van der Waals surface area contributed by atoms with E-state index < -0.39 is 5.97 Å². The molecule has 2 N–H and O–H groups in total. The number of benzene rings is 1. The van der Waals surface area contributed by atoms with Gasteiger partial charge in [0.25, 0.3) is 0 Å². The number of hydrogen-bond donors (Lipinski definition) is 2. The van der Waals surface area contributed by atoms with Crippen molar-refractivity contribution in [2.75, 3.05) is 11.9 Å². The minimum Gasteiger partial charge on any atom is -0.478 e. The third kappa shape index (κ3) is 3.59. The predicted octanol–water partition coefficient (Wildman–Crippen LogP) is 2.97. The van der Waals surface area contributed by atoms with Gasteiger partial charge < -0.3 is 10.4 Å². The van der Waals surface area contributed by atoms with Crippen LogP contribution in [0, 0.1) is 12.3 Å². The van der Waals surface area contributed by atoms with E-state index in [9.17, 15) is 4.79 Å². The number of rotatable bonds is 5. The highest BCUT2D eigenvalue weighted by Gasteiger charge is 2.09. The fourth-order valence-electron chi connectivity index (χ4n) is 1.26. The summed E-state index contributed by atoms with van der Waals surface area (Å²) in [4.78, 5) is 11.0. The standard InChI is InChI=1S/C12H12BrNO2/c1-2-3-4-7-14-11-6-5-9(13)8-10(11)12(15)16/h1,5-6,8,14H,3-4,7H2,(H,15,16). The summed E-state index contributed by atoms with van der Waals surface area (Å²) in [7, 11) is 0. The van der Waals surface area contributed by atoms with E-state index in [1.807, 2.05) is 0 Å². The Morgan fingerprint density at radius 1 is 1.56 bits per heavy atom. The van der Waals surface area contributed by atoms with Gasteiger partial charge in [0, 0.05) is 23.1 Å². The third-order valence-corrected chi connectivity index (χ3v) is 2.52. The van der Waals surface area contributed by atoms with E-state index >= 15 is 0 Å². The van der Waals surface area contributed by atoms with E-state index in [4.69, 9.17) is 11.5 Å². The van der Waals surface area contributed by atoms with E-state index in [1.54, 1.807) is 18.2 Å². The van der Waals surface area contributed by atoms with Crippen LogP contribution in [0.15, 0.2) is 22.7 Å². The molecule has 0 amide bonds. The molecular formula is C12H12BrNO2. The van der Waals surface area contributed by atoms with Gasteiger partial charge in [-0.25, -0.2) is 4.79 Å². The molecule has 0 atom stereocenters.